The minimum atomic E-state index is -0.608. The van der Waals surface area contributed by atoms with Crippen molar-refractivity contribution in [2.24, 2.45) is 11.3 Å². The number of epoxide rings is 1. The fraction of sp³-hybridized carbons (Fsp3) is 0.933. The number of ether oxygens (including phenoxy) is 1. The number of ketones is 1. The highest BCUT2D eigenvalue weighted by molar-refractivity contribution is 5.84. The SMILES string of the molecule is CC(C)(C)C(=O)C[C@@H](O)[C@H]1O[C@@H]1C1CCCCC1. The van der Waals surface area contributed by atoms with Crippen LogP contribution in [0.4, 0.5) is 0 Å². The Morgan fingerprint density at radius 1 is 1.28 bits per heavy atom. The molecule has 0 aromatic heterocycles. The van der Waals surface area contributed by atoms with Gasteiger partial charge in [0.15, 0.2) is 0 Å². The van der Waals surface area contributed by atoms with Crippen molar-refractivity contribution in [2.45, 2.75) is 77.6 Å². The summed E-state index contributed by atoms with van der Waals surface area (Å²) in [5.41, 5.74) is -0.365. The average Bonchev–Trinajstić information content (AvgIpc) is 3.08. The van der Waals surface area contributed by atoms with Gasteiger partial charge in [-0.15, -0.1) is 0 Å². The maximum Gasteiger partial charge on any atom is 0.140 e. The van der Waals surface area contributed by atoms with Crippen molar-refractivity contribution in [3.8, 4) is 0 Å². The summed E-state index contributed by atoms with van der Waals surface area (Å²) in [6, 6.07) is 0. The lowest BCUT2D eigenvalue weighted by Crippen LogP contribution is -2.29. The van der Waals surface area contributed by atoms with Crippen LogP contribution in [0, 0.1) is 11.3 Å². The molecule has 2 fully saturated rings. The van der Waals surface area contributed by atoms with Crippen LogP contribution in [0.3, 0.4) is 0 Å². The number of carbonyl (C=O) groups is 1. The number of rotatable bonds is 4. The number of aliphatic hydroxyl groups excluding tert-OH is 1. The van der Waals surface area contributed by atoms with Crippen LogP contribution in [0.1, 0.15) is 59.3 Å². The minimum Gasteiger partial charge on any atom is -0.390 e. The quantitative estimate of drug-likeness (QED) is 0.785. The standard InChI is InChI=1S/C15H26O3/c1-15(2,3)12(17)9-11(16)14-13(18-14)10-7-5-4-6-8-10/h10-11,13-14,16H,4-9H2,1-3H3/t11-,13-,14-/m1/s1. The highest BCUT2D eigenvalue weighted by Gasteiger charge is 2.49. The molecule has 1 aliphatic heterocycles. The number of hydrogen-bond donors (Lipinski definition) is 1. The maximum absolute atomic E-state index is 11.9. The Morgan fingerprint density at radius 3 is 2.44 bits per heavy atom. The van der Waals surface area contributed by atoms with Crippen LogP contribution >= 0.6 is 0 Å². The van der Waals surface area contributed by atoms with Crippen LogP contribution in [0.2, 0.25) is 0 Å². The van der Waals surface area contributed by atoms with Gasteiger partial charge >= 0.3 is 0 Å². The molecule has 0 bridgehead atoms. The lowest BCUT2D eigenvalue weighted by atomic mass is 9.83. The van der Waals surface area contributed by atoms with Crippen molar-refractivity contribution < 1.29 is 14.6 Å². The van der Waals surface area contributed by atoms with Crippen LogP contribution < -0.4 is 0 Å². The number of Topliss-reactive ketones (excluding diaryl/α,β-unsaturated/α-hetero) is 1. The molecule has 1 saturated heterocycles. The predicted molar refractivity (Wildman–Crippen MR) is 70.3 cm³/mol. The third kappa shape index (κ3) is 3.33. The molecule has 3 nitrogen and oxygen atoms in total. The van der Waals surface area contributed by atoms with Crippen LogP contribution in [0.25, 0.3) is 0 Å². The van der Waals surface area contributed by atoms with Gasteiger partial charge in [-0.25, -0.2) is 0 Å². The average molecular weight is 254 g/mol. The molecule has 0 unspecified atom stereocenters. The number of hydrogen-bond acceptors (Lipinski definition) is 3. The van der Waals surface area contributed by atoms with Gasteiger partial charge in [-0.05, 0) is 18.8 Å². The van der Waals surface area contributed by atoms with Crippen molar-refractivity contribution in [2.75, 3.05) is 0 Å². The molecule has 0 radical (unpaired) electrons. The molecule has 0 spiro atoms. The van der Waals surface area contributed by atoms with Gasteiger partial charge in [0.1, 0.15) is 11.9 Å². The smallest absolute Gasteiger partial charge is 0.140 e. The topological polar surface area (TPSA) is 49.8 Å². The molecule has 104 valence electrons. The van der Waals surface area contributed by atoms with E-state index in [1.54, 1.807) is 0 Å². The van der Waals surface area contributed by atoms with Crippen LogP contribution in [-0.4, -0.2) is 29.2 Å². The number of aliphatic hydroxyl groups is 1. The van der Waals surface area contributed by atoms with Crippen LogP contribution in [0.5, 0.6) is 0 Å². The Hall–Kier alpha value is -0.410. The van der Waals surface area contributed by atoms with E-state index in [-0.39, 0.29) is 29.8 Å². The first-order chi connectivity index (χ1) is 8.39. The zero-order valence-electron chi connectivity index (χ0n) is 11.8. The fourth-order valence-electron chi connectivity index (χ4n) is 2.90. The molecule has 1 saturated carbocycles. The van der Waals surface area contributed by atoms with E-state index in [2.05, 4.69) is 0 Å². The van der Waals surface area contributed by atoms with Gasteiger partial charge < -0.3 is 9.84 Å². The van der Waals surface area contributed by atoms with Crippen molar-refractivity contribution in [1.29, 1.82) is 0 Å². The summed E-state index contributed by atoms with van der Waals surface area (Å²) in [5.74, 6) is 0.732. The van der Waals surface area contributed by atoms with E-state index in [9.17, 15) is 9.90 Å². The molecule has 3 atom stereocenters. The normalized spacial score (nSPS) is 31.1. The van der Waals surface area contributed by atoms with E-state index in [4.69, 9.17) is 4.74 Å². The molecule has 1 aliphatic carbocycles. The van der Waals surface area contributed by atoms with E-state index in [1.807, 2.05) is 20.8 Å². The molecular formula is C15H26O3. The Kier molecular flexibility index (Phi) is 4.12. The molecule has 1 N–H and O–H groups in total. The van der Waals surface area contributed by atoms with E-state index < -0.39 is 6.10 Å². The minimum absolute atomic E-state index is 0.0839. The fourth-order valence-corrected chi connectivity index (χ4v) is 2.90. The van der Waals surface area contributed by atoms with Crippen molar-refractivity contribution in [3.05, 3.63) is 0 Å². The summed E-state index contributed by atoms with van der Waals surface area (Å²) in [6.07, 6.45) is 6.11. The molecular weight excluding hydrogens is 228 g/mol. The van der Waals surface area contributed by atoms with E-state index in [1.165, 1.54) is 32.1 Å². The van der Waals surface area contributed by atoms with Gasteiger partial charge in [-0.2, -0.15) is 0 Å². The van der Waals surface area contributed by atoms with Crippen molar-refractivity contribution >= 4 is 5.78 Å². The Labute approximate surface area is 110 Å². The summed E-state index contributed by atoms with van der Waals surface area (Å²) in [6.45, 7) is 5.69. The molecule has 0 aromatic rings. The monoisotopic (exact) mass is 254 g/mol. The van der Waals surface area contributed by atoms with Gasteiger partial charge in [-0.3, -0.25) is 4.79 Å². The summed E-state index contributed by atoms with van der Waals surface area (Å²) in [5, 5.41) is 10.1. The first kappa shape index (κ1) is 14.0. The van der Waals surface area contributed by atoms with Crippen LogP contribution in [0.15, 0.2) is 0 Å². The zero-order valence-corrected chi connectivity index (χ0v) is 11.8. The zero-order chi connectivity index (χ0) is 13.3. The van der Waals surface area contributed by atoms with Crippen molar-refractivity contribution in [1.82, 2.24) is 0 Å². The van der Waals surface area contributed by atoms with Gasteiger partial charge in [-0.1, -0.05) is 40.0 Å². The van der Waals surface area contributed by atoms with E-state index in [0.29, 0.717) is 5.92 Å². The van der Waals surface area contributed by atoms with Crippen molar-refractivity contribution in [3.63, 3.8) is 0 Å². The highest BCUT2D eigenvalue weighted by Crippen LogP contribution is 2.40. The predicted octanol–water partition coefficient (Wildman–Crippen LogP) is 2.70. The third-order valence-corrected chi connectivity index (χ3v) is 4.29. The Morgan fingerprint density at radius 2 is 1.89 bits per heavy atom. The molecule has 1 heterocycles. The second kappa shape index (κ2) is 5.30. The lowest BCUT2D eigenvalue weighted by molar-refractivity contribution is -0.128. The Bertz CT molecular complexity index is 299. The molecule has 3 heteroatoms. The first-order valence-corrected chi connectivity index (χ1v) is 7.26. The second-order valence-corrected chi connectivity index (χ2v) is 6.91. The van der Waals surface area contributed by atoms with Gasteiger partial charge in [0.2, 0.25) is 0 Å². The Balaban J connectivity index is 1.78. The summed E-state index contributed by atoms with van der Waals surface area (Å²) in [7, 11) is 0. The first-order valence-electron chi connectivity index (χ1n) is 7.26. The highest BCUT2D eigenvalue weighted by atomic mass is 16.6. The van der Waals surface area contributed by atoms with Gasteiger partial charge in [0, 0.05) is 11.8 Å². The summed E-state index contributed by atoms with van der Waals surface area (Å²) in [4.78, 5) is 11.9. The lowest BCUT2D eigenvalue weighted by Gasteiger charge is -2.21. The molecule has 0 aromatic carbocycles. The van der Waals surface area contributed by atoms with Gasteiger partial charge in [0.05, 0.1) is 12.2 Å². The van der Waals surface area contributed by atoms with Gasteiger partial charge in [0.25, 0.3) is 0 Å². The van der Waals surface area contributed by atoms with Crippen LogP contribution in [-0.2, 0) is 9.53 Å². The molecule has 2 aliphatic rings. The molecule has 0 amide bonds. The molecule has 18 heavy (non-hydrogen) atoms. The maximum atomic E-state index is 11.9. The largest absolute Gasteiger partial charge is 0.390 e. The van der Waals surface area contributed by atoms with E-state index in [0.717, 1.165) is 0 Å². The summed E-state index contributed by atoms with van der Waals surface area (Å²) >= 11 is 0. The third-order valence-electron chi connectivity index (χ3n) is 4.29. The second-order valence-electron chi connectivity index (χ2n) is 6.91. The summed E-state index contributed by atoms with van der Waals surface area (Å²) < 4.78 is 5.63. The number of carbonyl (C=O) groups excluding carboxylic acids is 1. The van der Waals surface area contributed by atoms with E-state index >= 15 is 0 Å². The molecule has 2 rings (SSSR count).